The number of methoxy groups -OCH3 is 1. The minimum Gasteiger partial charge on any atom is -0.493 e. The van der Waals surface area contributed by atoms with Crippen LogP contribution in [0.5, 0.6) is 11.5 Å². The fourth-order valence-electron chi connectivity index (χ4n) is 2.89. The van der Waals surface area contributed by atoms with E-state index < -0.39 is 12.1 Å². The fourth-order valence-corrected chi connectivity index (χ4v) is 2.89. The van der Waals surface area contributed by atoms with Crippen LogP contribution in [-0.2, 0) is 14.3 Å². The maximum Gasteiger partial charge on any atom is 0.306 e. The lowest BCUT2D eigenvalue weighted by molar-refractivity contribution is -0.146. The number of morpholine rings is 1. The Kier molecular flexibility index (Phi) is 4.71. The smallest absolute Gasteiger partial charge is 0.306 e. The van der Waals surface area contributed by atoms with Crippen LogP contribution < -0.4 is 9.47 Å². The third-order valence-electron chi connectivity index (χ3n) is 4.03. The van der Waals surface area contributed by atoms with E-state index in [9.17, 15) is 9.59 Å². The van der Waals surface area contributed by atoms with Gasteiger partial charge in [-0.1, -0.05) is 12.1 Å². The highest BCUT2D eigenvalue weighted by Crippen LogP contribution is 2.35. The molecule has 0 saturated carbocycles. The number of carbonyl (C=O) groups is 2. The van der Waals surface area contributed by atoms with Crippen LogP contribution in [-0.4, -0.2) is 61.4 Å². The maximum absolute atomic E-state index is 12.7. The molecule has 7 heteroatoms. The number of fused-ring (bicyclic) bond motifs is 1. The molecular weight excluding hydrogens is 314 g/mol. The van der Waals surface area contributed by atoms with E-state index in [4.69, 9.17) is 19.3 Å². The van der Waals surface area contributed by atoms with Crippen molar-refractivity contribution in [2.24, 2.45) is 0 Å². The van der Waals surface area contributed by atoms with Crippen molar-refractivity contribution < 1.29 is 28.9 Å². The van der Waals surface area contributed by atoms with E-state index in [1.165, 1.54) is 0 Å². The summed E-state index contributed by atoms with van der Waals surface area (Å²) in [6, 6.07) is 5.50. The van der Waals surface area contributed by atoms with E-state index in [0.29, 0.717) is 30.2 Å². The number of nitrogens with zero attached hydrogens (tertiary/aromatic N) is 1. The largest absolute Gasteiger partial charge is 0.493 e. The van der Waals surface area contributed by atoms with Gasteiger partial charge >= 0.3 is 5.97 Å². The van der Waals surface area contributed by atoms with Gasteiger partial charge < -0.3 is 24.2 Å². The van der Waals surface area contributed by atoms with Crippen molar-refractivity contribution in [1.29, 1.82) is 0 Å². The highest BCUT2D eigenvalue weighted by molar-refractivity contribution is 5.99. The van der Waals surface area contributed by atoms with Crippen molar-refractivity contribution in [2.45, 2.75) is 12.5 Å². The molecule has 7 nitrogen and oxygen atoms in total. The molecule has 0 aliphatic carbocycles. The van der Waals surface area contributed by atoms with Crippen LogP contribution >= 0.6 is 0 Å². The Morgan fingerprint density at radius 2 is 2.25 bits per heavy atom. The van der Waals surface area contributed by atoms with Crippen molar-refractivity contribution in [3.05, 3.63) is 29.3 Å². The lowest BCUT2D eigenvalue weighted by Gasteiger charge is -2.33. The highest BCUT2D eigenvalue weighted by Gasteiger charge is 2.29. The summed E-state index contributed by atoms with van der Waals surface area (Å²) >= 11 is 0. The number of carboxylic acid groups (broad SMARTS) is 1. The van der Waals surface area contributed by atoms with E-state index in [1.54, 1.807) is 24.2 Å². The maximum atomic E-state index is 12.7. The Hall–Kier alpha value is -2.54. The molecule has 1 amide bonds. The monoisotopic (exact) mass is 333 g/mol. The number of amides is 1. The van der Waals surface area contributed by atoms with Gasteiger partial charge in [0.2, 0.25) is 0 Å². The molecule has 2 heterocycles. The van der Waals surface area contributed by atoms with Gasteiger partial charge in [-0.05, 0) is 12.1 Å². The quantitative estimate of drug-likeness (QED) is 0.890. The third kappa shape index (κ3) is 3.35. The van der Waals surface area contributed by atoms with Crippen LogP contribution in [0.4, 0.5) is 0 Å². The Morgan fingerprint density at radius 1 is 1.42 bits per heavy atom. The number of para-hydroxylation sites is 1. The first kappa shape index (κ1) is 16.3. The number of carbonyl (C=O) groups excluding carboxylic acids is 1. The number of benzene rings is 1. The number of carboxylic acids is 1. The number of hydrogen-bond acceptors (Lipinski definition) is 5. The zero-order chi connectivity index (χ0) is 17.1. The van der Waals surface area contributed by atoms with Gasteiger partial charge in [0.1, 0.15) is 6.61 Å². The van der Waals surface area contributed by atoms with Crippen molar-refractivity contribution in [3.63, 3.8) is 0 Å². The molecule has 0 bridgehead atoms. The second kappa shape index (κ2) is 6.92. The minimum absolute atomic E-state index is 0.112. The van der Waals surface area contributed by atoms with Crippen LogP contribution in [0.25, 0.3) is 6.08 Å². The average Bonchev–Trinajstić information content (AvgIpc) is 2.59. The normalized spacial score (nSPS) is 19.8. The SMILES string of the molecule is COc1cccc2c1OCC(C(=O)N1CCOC(CC(=O)O)C1)=C2. The molecule has 1 atom stereocenters. The molecule has 3 rings (SSSR count). The number of aliphatic carboxylic acids is 1. The molecular formula is C17H19NO6. The van der Waals surface area contributed by atoms with Crippen molar-refractivity contribution in [2.75, 3.05) is 33.4 Å². The zero-order valence-electron chi connectivity index (χ0n) is 13.4. The van der Waals surface area contributed by atoms with Gasteiger partial charge in [0.15, 0.2) is 11.5 Å². The summed E-state index contributed by atoms with van der Waals surface area (Å²) in [6.07, 6.45) is 1.21. The van der Waals surface area contributed by atoms with E-state index in [0.717, 1.165) is 5.56 Å². The summed E-state index contributed by atoms with van der Waals surface area (Å²) in [5, 5.41) is 8.87. The molecule has 0 spiro atoms. The van der Waals surface area contributed by atoms with Gasteiger partial charge in [0.25, 0.3) is 5.91 Å². The first-order chi connectivity index (χ1) is 11.6. The Balaban J connectivity index is 1.75. The van der Waals surface area contributed by atoms with Crippen LogP contribution in [0.2, 0.25) is 0 Å². The topological polar surface area (TPSA) is 85.3 Å². The average molecular weight is 333 g/mol. The van der Waals surface area contributed by atoms with Gasteiger partial charge in [-0.3, -0.25) is 9.59 Å². The predicted octanol–water partition coefficient (Wildman–Crippen LogP) is 1.17. The highest BCUT2D eigenvalue weighted by atomic mass is 16.5. The van der Waals surface area contributed by atoms with E-state index in [-0.39, 0.29) is 25.5 Å². The second-order valence-corrected chi connectivity index (χ2v) is 5.68. The number of ether oxygens (including phenoxy) is 3. The van der Waals surface area contributed by atoms with Gasteiger partial charge in [0, 0.05) is 18.7 Å². The third-order valence-corrected chi connectivity index (χ3v) is 4.03. The molecule has 128 valence electrons. The van der Waals surface area contributed by atoms with Crippen molar-refractivity contribution in [1.82, 2.24) is 4.90 Å². The Bertz CT molecular complexity index is 684. The molecule has 2 aliphatic heterocycles. The molecule has 1 saturated heterocycles. The Morgan fingerprint density at radius 3 is 3.00 bits per heavy atom. The van der Waals surface area contributed by atoms with E-state index in [1.807, 2.05) is 12.1 Å². The van der Waals surface area contributed by atoms with Gasteiger partial charge in [0.05, 0.1) is 31.8 Å². The molecule has 24 heavy (non-hydrogen) atoms. The van der Waals surface area contributed by atoms with Crippen LogP contribution in [0.3, 0.4) is 0 Å². The second-order valence-electron chi connectivity index (χ2n) is 5.68. The summed E-state index contributed by atoms with van der Waals surface area (Å²) in [7, 11) is 1.57. The number of rotatable bonds is 4. The van der Waals surface area contributed by atoms with Crippen LogP contribution in [0.15, 0.2) is 23.8 Å². The standard InChI is InChI=1S/C17H19NO6/c1-22-14-4-2-3-11-7-12(10-24-16(11)14)17(21)18-5-6-23-13(9-18)8-15(19)20/h2-4,7,13H,5-6,8-10H2,1H3,(H,19,20). The summed E-state index contributed by atoms with van der Waals surface area (Å²) in [5.41, 5.74) is 1.33. The summed E-state index contributed by atoms with van der Waals surface area (Å²) in [4.78, 5) is 25.1. The zero-order valence-corrected chi connectivity index (χ0v) is 13.4. The lowest BCUT2D eigenvalue weighted by atomic mass is 10.1. The van der Waals surface area contributed by atoms with Gasteiger partial charge in [-0.2, -0.15) is 0 Å². The number of hydrogen-bond donors (Lipinski definition) is 1. The van der Waals surface area contributed by atoms with Crippen LogP contribution in [0.1, 0.15) is 12.0 Å². The van der Waals surface area contributed by atoms with Crippen LogP contribution in [0, 0.1) is 0 Å². The van der Waals surface area contributed by atoms with E-state index >= 15 is 0 Å². The molecule has 1 N–H and O–H groups in total. The molecule has 1 aromatic carbocycles. The van der Waals surface area contributed by atoms with E-state index in [2.05, 4.69) is 0 Å². The molecule has 0 radical (unpaired) electrons. The minimum atomic E-state index is -0.935. The molecule has 1 aromatic rings. The van der Waals surface area contributed by atoms with Gasteiger partial charge in [-0.25, -0.2) is 0 Å². The summed E-state index contributed by atoms with van der Waals surface area (Å²) in [6.45, 7) is 1.21. The molecule has 2 aliphatic rings. The first-order valence-corrected chi connectivity index (χ1v) is 7.71. The summed E-state index contributed by atoms with van der Waals surface area (Å²) < 4.78 is 16.4. The molecule has 0 aromatic heterocycles. The lowest BCUT2D eigenvalue weighted by Crippen LogP contribution is -2.47. The first-order valence-electron chi connectivity index (χ1n) is 7.71. The summed E-state index contributed by atoms with van der Waals surface area (Å²) in [5.74, 6) is 0.170. The molecule has 1 fully saturated rings. The molecule has 1 unspecified atom stereocenters. The fraction of sp³-hybridized carbons (Fsp3) is 0.412. The Labute approximate surface area is 139 Å². The van der Waals surface area contributed by atoms with Crippen molar-refractivity contribution in [3.8, 4) is 11.5 Å². The van der Waals surface area contributed by atoms with Crippen molar-refractivity contribution >= 4 is 18.0 Å². The predicted molar refractivity (Wildman–Crippen MR) is 85.0 cm³/mol. The van der Waals surface area contributed by atoms with Gasteiger partial charge in [-0.15, -0.1) is 0 Å².